The summed E-state index contributed by atoms with van der Waals surface area (Å²) in [5, 5.41) is 0. The van der Waals surface area contributed by atoms with Gasteiger partial charge in [-0.2, -0.15) is 17.0 Å². The third-order valence-corrected chi connectivity index (χ3v) is 5.32. The second kappa shape index (κ2) is 4.76. The molecule has 0 N–H and O–H groups in total. The first-order chi connectivity index (χ1) is 8.03. The summed E-state index contributed by atoms with van der Waals surface area (Å²) in [6.45, 7) is 3.15. The summed E-state index contributed by atoms with van der Waals surface area (Å²) in [6.07, 6.45) is 0.882. The molecule has 1 aliphatic heterocycles. The Morgan fingerprint density at radius 1 is 1.18 bits per heavy atom. The van der Waals surface area contributed by atoms with Crippen molar-refractivity contribution in [2.75, 3.05) is 20.1 Å². The Morgan fingerprint density at radius 2 is 1.82 bits per heavy atom. The molecule has 0 spiro atoms. The number of nitrogens with zero attached hydrogens (tertiary/aromatic N) is 2. The highest BCUT2D eigenvalue weighted by Gasteiger charge is 2.34. The van der Waals surface area contributed by atoms with E-state index in [1.165, 1.54) is 4.31 Å². The molecule has 1 aromatic rings. The van der Waals surface area contributed by atoms with Crippen molar-refractivity contribution >= 4 is 10.2 Å². The van der Waals surface area contributed by atoms with Crippen molar-refractivity contribution in [3.8, 4) is 0 Å². The molecule has 17 heavy (non-hydrogen) atoms. The van der Waals surface area contributed by atoms with Gasteiger partial charge in [0.25, 0.3) is 10.2 Å². The van der Waals surface area contributed by atoms with E-state index in [4.69, 9.17) is 0 Å². The van der Waals surface area contributed by atoms with E-state index in [1.807, 2.05) is 37.3 Å². The zero-order valence-corrected chi connectivity index (χ0v) is 11.0. The molecule has 0 aromatic heterocycles. The largest absolute Gasteiger partial charge is 0.282 e. The molecule has 1 heterocycles. The van der Waals surface area contributed by atoms with Crippen LogP contribution >= 0.6 is 0 Å². The van der Waals surface area contributed by atoms with Crippen LogP contribution in [0.15, 0.2) is 30.3 Å². The first-order valence-corrected chi connectivity index (χ1v) is 7.21. The van der Waals surface area contributed by atoms with Crippen LogP contribution in [0.2, 0.25) is 0 Å². The Bertz CT molecular complexity index is 473. The van der Waals surface area contributed by atoms with Gasteiger partial charge in [0.05, 0.1) is 0 Å². The summed E-state index contributed by atoms with van der Waals surface area (Å²) in [5.74, 6) is 0. The molecule has 94 valence electrons. The minimum absolute atomic E-state index is 0.107. The number of hydrogen-bond donors (Lipinski definition) is 0. The summed E-state index contributed by atoms with van der Waals surface area (Å²) in [6, 6.07) is 9.64. The van der Waals surface area contributed by atoms with E-state index in [0.717, 1.165) is 12.0 Å². The van der Waals surface area contributed by atoms with Gasteiger partial charge >= 0.3 is 0 Å². The lowest BCUT2D eigenvalue weighted by Crippen LogP contribution is -2.48. The maximum Gasteiger partial charge on any atom is 0.282 e. The fourth-order valence-corrected chi connectivity index (χ4v) is 3.75. The summed E-state index contributed by atoms with van der Waals surface area (Å²) >= 11 is 0. The zero-order valence-electron chi connectivity index (χ0n) is 10.2. The molecule has 2 rings (SSSR count). The fraction of sp³-hybridized carbons (Fsp3) is 0.500. The lowest BCUT2D eigenvalue weighted by molar-refractivity contribution is 0.266. The highest BCUT2D eigenvalue weighted by Crippen LogP contribution is 2.27. The Balaban J connectivity index is 2.28. The fourth-order valence-electron chi connectivity index (χ4n) is 2.15. The molecule has 5 heteroatoms. The molecule has 1 atom stereocenters. The maximum absolute atomic E-state index is 12.2. The average Bonchev–Trinajstić information content (AvgIpc) is 2.33. The quantitative estimate of drug-likeness (QED) is 0.805. The topological polar surface area (TPSA) is 40.6 Å². The lowest BCUT2D eigenvalue weighted by atomic mass is 10.1. The molecule has 1 saturated heterocycles. The zero-order chi connectivity index (χ0) is 12.5. The summed E-state index contributed by atoms with van der Waals surface area (Å²) in [7, 11) is -1.64. The third-order valence-electron chi connectivity index (χ3n) is 3.26. The maximum atomic E-state index is 12.2. The van der Waals surface area contributed by atoms with Crippen molar-refractivity contribution in [3.63, 3.8) is 0 Å². The third kappa shape index (κ3) is 2.36. The highest BCUT2D eigenvalue weighted by molar-refractivity contribution is 7.86. The average molecular weight is 254 g/mol. The molecule has 0 saturated carbocycles. The SMILES string of the molecule is CC(c1ccccc1)N1CCCN(C)S1(=O)=O. The first kappa shape index (κ1) is 12.5. The van der Waals surface area contributed by atoms with Gasteiger partial charge in [0.1, 0.15) is 0 Å². The van der Waals surface area contributed by atoms with Crippen LogP contribution in [-0.2, 0) is 10.2 Å². The molecule has 1 fully saturated rings. The monoisotopic (exact) mass is 254 g/mol. The molecule has 4 nitrogen and oxygen atoms in total. The van der Waals surface area contributed by atoms with Crippen LogP contribution in [0.3, 0.4) is 0 Å². The van der Waals surface area contributed by atoms with Gasteiger partial charge in [-0.15, -0.1) is 0 Å². The second-order valence-corrected chi connectivity index (χ2v) is 6.37. The van der Waals surface area contributed by atoms with Gasteiger partial charge < -0.3 is 0 Å². The summed E-state index contributed by atoms with van der Waals surface area (Å²) in [5.41, 5.74) is 1.03. The van der Waals surface area contributed by atoms with Crippen LogP contribution in [0.4, 0.5) is 0 Å². The van der Waals surface area contributed by atoms with Crippen molar-refractivity contribution in [1.82, 2.24) is 8.61 Å². The van der Waals surface area contributed by atoms with E-state index >= 15 is 0 Å². The predicted molar refractivity (Wildman–Crippen MR) is 67.7 cm³/mol. The molecule has 1 unspecified atom stereocenters. The molecule has 0 radical (unpaired) electrons. The van der Waals surface area contributed by atoms with Gasteiger partial charge in [0, 0.05) is 26.2 Å². The van der Waals surface area contributed by atoms with Crippen LogP contribution in [0.1, 0.15) is 24.9 Å². The van der Waals surface area contributed by atoms with Crippen molar-refractivity contribution in [3.05, 3.63) is 35.9 Å². The Labute approximate surface area is 103 Å². The first-order valence-electron chi connectivity index (χ1n) is 5.81. The number of hydrogen-bond acceptors (Lipinski definition) is 2. The van der Waals surface area contributed by atoms with Crippen LogP contribution < -0.4 is 0 Å². The smallest absolute Gasteiger partial charge is 0.195 e. The summed E-state index contributed by atoms with van der Waals surface area (Å²) in [4.78, 5) is 0. The minimum atomic E-state index is -3.28. The molecule has 0 bridgehead atoms. The molecule has 0 aliphatic carbocycles. The minimum Gasteiger partial charge on any atom is -0.195 e. The molecular weight excluding hydrogens is 236 g/mol. The van der Waals surface area contributed by atoms with Gasteiger partial charge in [0.2, 0.25) is 0 Å². The van der Waals surface area contributed by atoms with Crippen LogP contribution in [-0.4, -0.2) is 37.2 Å². The number of benzene rings is 1. The summed E-state index contributed by atoms with van der Waals surface area (Å²) < 4.78 is 27.4. The molecule has 1 aromatic carbocycles. The van der Waals surface area contributed by atoms with Crippen LogP contribution in [0.5, 0.6) is 0 Å². The van der Waals surface area contributed by atoms with E-state index < -0.39 is 10.2 Å². The highest BCUT2D eigenvalue weighted by atomic mass is 32.2. The van der Waals surface area contributed by atoms with E-state index in [2.05, 4.69) is 0 Å². The normalized spacial score (nSPS) is 23.4. The van der Waals surface area contributed by atoms with Gasteiger partial charge in [0.15, 0.2) is 0 Å². The van der Waals surface area contributed by atoms with E-state index in [0.29, 0.717) is 13.1 Å². The predicted octanol–water partition coefficient (Wildman–Crippen LogP) is 1.63. The van der Waals surface area contributed by atoms with Gasteiger partial charge in [-0.25, -0.2) is 0 Å². The van der Waals surface area contributed by atoms with E-state index in [1.54, 1.807) is 11.4 Å². The van der Waals surface area contributed by atoms with E-state index in [9.17, 15) is 8.42 Å². The van der Waals surface area contributed by atoms with Crippen molar-refractivity contribution in [1.29, 1.82) is 0 Å². The Morgan fingerprint density at radius 3 is 2.47 bits per heavy atom. The standard InChI is InChI=1S/C12H18N2O2S/c1-11(12-7-4-3-5-8-12)14-10-6-9-13(2)17(14,15)16/h3-5,7-8,11H,6,9-10H2,1-2H3. The lowest BCUT2D eigenvalue weighted by Gasteiger charge is -2.36. The Hall–Kier alpha value is -0.910. The van der Waals surface area contributed by atoms with Gasteiger partial charge in [-0.05, 0) is 18.9 Å². The van der Waals surface area contributed by atoms with Crippen molar-refractivity contribution in [2.24, 2.45) is 0 Å². The van der Waals surface area contributed by atoms with Crippen LogP contribution in [0, 0.1) is 0 Å². The molecule has 1 aliphatic rings. The molecule has 0 amide bonds. The van der Waals surface area contributed by atoms with Crippen molar-refractivity contribution < 1.29 is 8.42 Å². The number of rotatable bonds is 2. The molecular formula is C12H18N2O2S. The van der Waals surface area contributed by atoms with Gasteiger partial charge in [-0.1, -0.05) is 30.3 Å². The van der Waals surface area contributed by atoms with Gasteiger partial charge in [-0.3, -0.25) is 0 Å². The Kier molecular flexibility index (Phi) is 3.51. The van der Waals surface area contributed by atoms with E-state index in [-0.39, 0.29) is 6.04 Å². The second-order valence-electron chi connectivity index (χ2n) is 4.38. The van der Waals surface area contributed by atoms with Crippen LogP contribution in [0.25, 0.3) is 0 Å². The van der Waals surface area contributed by atoms with Crippen molar-refractivity contribution in [2.45, 2.75) is 19.4 Å².